The quantitative estimate of drug-likeness (QED) is 0.805. The Bertz CT molecular complexity index is 411. The standard InChI is InChI=1S/C9H5F5O2/c10-7(11)5-2-1-4(8(15)16)3-6(5)9(12,13)14/h1-3,7H,(H,15,16). The number of rotatable bonds is 2. The molecule has 0 bridgehead atoms. The molecule has 0 aromatic heterocycles. The molecule has 0 fully saturated rings. The summed E-state index contributed by atoms with van der Waals surface area (Å²) >= 11 is 0. The van der Waals surface area contributed by atoms with E-state index in [2.05, 4.69) is 0 Å². The summed E-state index contributed by atoms with van der Waals surface area (Å²) in [5, 5.41) is 8.45. The Labute approximate surface area is 86.3 Å². The highest BCUT2D eigenvalue weighted by Gasteiger charge is 2.36. The first-order chi connectivity index (χ1) is 7.23. The highest BCUT2D eigenvalue weighted by atomic mass is 19.4. The van der Waals surface area contributed by atoms with Crippen LogP contribution in [0.2, 0.25) is 0 Å². The third kappa shape index (κ3) is 2.47. The lowest BCUT2D eigenvalue weighted by molar-refractivity contribution is -0.139. The number of benzene rings is 1. The van der Waals surface area contributed by atoms with Gasteiger partial charge in [-0.15, -0.1) is 0 Å². The predicted molar refractivity (Wildman–Crippen MR) is 43.4 cm³/mol. The van der Waals surface area contributed by atoms with Crippen molar-refractivity contribution in [1.82, 2.24) is 0 Å². The average Bonchev–Trinajstić information content (AvgIpc) is 2.15. The van der Waals surface area contributed by atoms with E-state index in [0.29, 0.717) is 12.1 Å². The van der Waals surface area contributed by atoms with E-state index in [-0.39, 0.29) is 6.07 Å². The van der Waals surface area contributed by atoms with E-state index in [4.69, 9.17) is 5.11 Å². The molecule has 1 rings (SSSR count). The fraction of sp³-hybridized carbons (Fsp3) is 0.222. The second kappa shape index (κ2) is 4.07. The van der Waals surface area contributed by atoms with E-state index in [0.717, 1.165) is 0 Å². The summed E-state index contributed by atoms with van der Waals surface area (Å²) < 4.78 is 61.5. The van der Waals surface area contributed by atoms with Gasteiger partial charge in [-0.05, 0) is 12.1 Å². The van der Waals surface area contributed by atoms with E-state index in [1.54, 1.807) is 0 Å². The molecular weight excluding hydrogens is 235 g/mol. The molecule has 7 heteroatoms. The predicted octanol–water partition coefficient (Wildman–Crippen LogP) is 3.34. The minimum Gasteiger partial charge on any atom is -0.478 e. The number of carbonyl (C=O) groups is 1. The second-order valence-corrected chi connectivity index (χ2v) is 2.91. The average molecular weight is 240 g/mol. The summed E-state index contributed by atoms with van der Waals surface area (Å²) in [5.41, 5.74) is -3.53. The summed E-state index contributed by atoms with van der Waals surface area (Å²) in [5.74, 6) is -1.61. The van der Waals surface area contributed by atoms with Gasteiger partial charge < -0.3 is 5.11 Å². The number of halogens is 5. The van der Waals surface area contributed by atoms with E-state index >= 15 is 0 Å². The summed E-state index contributed by atoms with van der Waals surface area (Å²) in [6.07, 6.45) is -8.31. The zero-order chi connectivity index (χ0) is 12.5. The Morgan fingerprint density at radius 2 is 1.81 bits per heavy atom. The molecule has 88 valence electrons. The third-order valence-electron chi connectivity index (χ3n) is 1.84. The Balaban J connectivity index is 3.39. The summed E-state index contributed by atoms with van der Waals surface area (Å²) in [4.78, 5) is 10.4. The molecule has 0 radical (unpaired) electrons. The molecular formula is C9H5F5O2. The maximum absolute atomic E-state index is 12.3. The van der Waals surface area contributed by atoms with Gasteiger partial charge in [0.1, 0.15) is 0 Å². The molecule has 1 aromatic carbocycles. The smallest absolute Gasteiger partial charge is 0.416 e. The van der Waals surface area contributed by atoms with E-state index < -0.39 is 35.3 Å². The first kappa shape index (κ1) is 12.4. The number of hydrogen-bond donors (Lipinski definition) is 1. The first-order valence-electron chi connectivity index (χ1n) is 3.96. The number of carboxylic acid groups (broad SMARTS) is 1. The fourth-order valence-corrected chi connectivity index (χ4v) is 1.13. The van der Waals surface area contributed by atoms with Gasteiger partial charge in [0.15, 0.2) is 0 Å². The zero-order valence-electron chi connectivity index (χ0n) is 7.55. The van der Waals surface area contributed by atoms with Crippen molar-refractivity contribution in [2.24, 2.45) is 0 Å². The second-order valence-electron chi connectivity index (χ2n) is 2.91. The van der Waals surface area contributed by atoms with Crippen LogP contribution in [0.25, 0.3) is 0 Å². The Morgan fingerprint density at radius 1 is 1.25 bits per heavy atom. The lowest BCUT2D eigenvalue weighted by Crippen LogP contribution is -2.11. The molecule has 0 atom stereocenters. The molecule has 1 N–H and O–H groups in total. The number of alkyl halides is 5. The Kier molecular flexibility index (Phi) is 3.16. The zero-order valence-corrected chi connectivity index (χ0v) is 7.55. The monoisotopic (exact) mass is 240 g/mol. The minimum absolute atomic E-state index is 0.198. The van der Waals surface area contributed by atoms with Crippen molar-refractivity contribution in [3.8, 4) is 0 Å². The van der Waals surface area contributed by atoms with E-state index in [9.17, 15) is 26.7 Å². The van der Waals surface area contributed by atoms with Crippen molar-refractivity contribution in [3.05, 3.63) is 34.9 Å². The lowest BCUT2D eigenvalue weighted by Gasteiger charge is -2.12. The number of aromatic carboxylic acids is 1. The van der Waals surface area contributed by atoms with Gasteiger partial charge in [0.25, 0.3) is 6.43 Å². The van der Waals surface area contributed by atoms with Crippen LogP contribution in [-0.4, -0.2) is 11.1 Å². The highest BCUT2D eigenvalue weighted by Crippen LogP contribution is 2.36. The molecule has 0 unspecified atom stereocenters. The summed E-state index contributed by atoms with van der Waals surface area (Å²) in [7, 11) is 0. The number of carboxylic acids is 1. The summed E-state index contributed by atoms with van der Waals surface area (Å²) in [6.45, 7) is 0. The molecule has 0 aliphatic rings. The van der Waals surface area contributed by atoms with E-state index in [1.807, 2.05) is 0 Å². The van der Waals surface area contributed by atoms with Crippen LogP contribution in [-0.2, 0) is 6.18 Å². The van der Waals surface area contributed by atoms with Crippen molar-refractivity contribution in [3.63, 3.8) is 0 Å². The van der Waals surface area contributed by atoms with Crippen LogP contribution in [0, 0.1) is 0 Å². The normalized spacial score (nSPS) is 11.9. The van der Waals surface area contributed by atoms with Crippen LogP contribution < -0.4 is 0 Å². The van der Waals surface area contributed by atoms with E-state index in [1.165, 1.54) is 0 Å². The molecule has 1 aromatic rings. The summed E-state index contributed by atoms with van der Waals surface area (Å²) in [6, 6.07) is 1.37. The van der Waals surface area contributed by atoms with Gasteiger partial charge in [-0.1, -0.05) is 6.07 Å². The van der Waals surface area contributed by atoms with Crippen molar-refractivity contribution >= 4 is 5.97 Å². The van der Waals surface area contributed by atoms with Crippen molar-refractivity contribution in [2.45, 2.75) is 12.6 Å². The van der Waals surface area contributed by atoms with Gasteiger partial charge >= 0.3 is 12.1 Å². The van der Waals surface area contributed by atoms with Crippen LogP contribution in [0.4, 0.5) is 22.0 Å². The fourth-order valence-electron chi connectivity index (χ4n) is 1.13. The minimum atomic E-state index is -5.00. The molecule has 0 aliphatic carbocycles. The molecule has 0 saturated carbocycles. The topological polar surface area (TPSA) is 37.3 Å². The van der Waals surface area contributed by atoms with Gasteiger partial charge in [0.05, 0.1) is 11.1 Å². The maximum atomic E-state index is 12.3. The van der Waals surface area contributed by atoms with Gasteiger partial charge in [-0.2, -0.15) is 13.2 Å². The van der Waals surface area contributed by atoms with Crippen LogP contribution in [0.1, 0.15) is 27.9 Å². The van der Waals surface area contributed by atoms with Crippen molar-refractivity contribution < 1.29 is 31.9 Å². The van der Waals surface area contributed by atoms with Crippen molar-refractivity contribution in [1.29, 1.82) is 0 Å². The van der Waals surface area contributed by atoms with Gasteiger partial charge in [0.2, 0.25) is 0 Å². The van der Waals surface area contributed by atoms with Crippen LogP contribution in [0.5, 0.6) is 0 Å². The molecule has 16 heavy (non-hydrogen) atoms. The third-order valence-corrected chi connectivity index (χ3v) is 1.84. The highest BCUT2D eigenvalue weighted by molar-refractivity contribution is 5.88. The largest absolute Gasteiger partial charge is 0.478 e. The number of hydrogen-bond acceptors (Lipinski definition) is 1. The van der Waals surface area contributed by atoms with Crippen LogP contribution in [0.3, 0.4) is 0 Å². The van der Waals surface area contributed by atoms with Crippen LogP contribution >= 0.6 is 0 Å². The van der Waals surface area contributed by atoms with Crippen LogP contribution in [0.15, 0.2) is 18.2 Å². The maximum Gasteiger partial charge on any atom is 0.416 e. The molecule has 0 saturated heterocycles. The first-order valence-corrected chi connectivity index (χ1v) is 3.96. The molecule has 0 spiro atoms. The molecule has 0 aliphatic heterocycles. The molecule has 0 heterocycles. The van der Waals surface area contributed by atoms with Gasteiger partial charge in [-0.25, -0.2) is 13.6 Å². The van der Waals surface area contributed by atoms with Crippen molar-refractivity contribution in [2.75, 3.05) is 0 Å². The SMILES string of the molecule is O=C(O)c1ccc(C(F)F)c(C(F)(F)F)c1. The van der Waals surface area contributed by atoms with Gasteiger partial charge in [0, 0.05) is 5.56 Å². The Hall–Kier alpha value is -1.66. The molecule has 2 nitrogen and oxygen atoms in total. The molecule has 0 amide bonds. The van der Waals surface area contributed by atoms with Gasteiger partial charge in [-0.3, -0.25) is 0 Å². The Morgan fingerprint density at radius 3 is 2.19 bits per heavy atom. The lowest BCUT2D eigenvalue weighted by atomic mass is 10.0.